The van der Waals surface area contributed by atoms with Crippen LogP contribution >= 0.6 is 0 Å². The van der Waals surface area contributed by atoms with Gasteiger partial charge in [-0.1, -0.05) is 30.3 Å². The fraction of sp³-hybridized carbons (Fsp3) is 0.423. The van der Waals surface area contributed by atoms with E-state index in [2.05, 4.69) is 5.32 Å². The van der Waals surface area contributed by atoms with Crippen molar-refractivity contribution in [2.45, 2.75) is 31.8 Å². The third-order valence-electron chi connectivity index (χ3n) is 6.57. The van der Waals surface area contributed by atoms with E-state index in [9.17, 15) is 14.4 Å². The van der Waals surface area contributed by atoms with Gasteiger partial charge < -0.3 is 24.6 Å². The summed E-state index contributed by atoms with van der Waals surface area (Å²) in [6.07, 6.45) is 1.62. The predicted molar refractivity (Wildman–Crippen MR) is 127 cm³/mol. The average molecular weight is 466 g/mol. The van der Waals surface area contributed by atoms with E-state index in [0.29, 0.717) is 56.1 Å². The zero-order valence-corrected chi connectivity index (χ0v) is 19.7. The smallest absolute Gasteiger partial charge is 0.251 e. The maximum atomic E-state index is 13.1. The molecule has 2 aliphatic rings. The van der Waals surface area contributed by atoms with Gasteiger partial charge in [-0.3, -0.25) is 14.4 Å². The molecule has 0 radical (unpaired) electrons. The number of ether oxygens (including phenoxy) is 2. The van der Waals surface area contributed by atoms with Crippen LogP contribution in [0, 0.1) is 5.92 Å². The number of rotatable bonds is 7. The van der Waals surface area contributed by atoms with E-state index in [1.165, 1.54) is 7.11 Å². The first-order valence-electron chi connectivity index (χ1n) is 11.6. The summed E-state index contributed by atoms with van der Waals surface area (Å²) in [7, 11) is 3.08. The Labute approximate surface area is 199 Å². The van der Waals surface area contributed by atoms with E-state index in [1.807, 2.05) is 35.2 Å². The maximum absolute atomic E-state index is 13.1. The number of likely N-dealkylation sites (tertiary alicyclic amines) is 2. The van der Waals surface area contributed by atoms with Crippen LogP contribution in [0.25, 0.3) is 0 Å². The molecule has 0 aromatic heterocycles. The van der Waals surface area contributed by atoms with Crippen LogP contribution in [0.3, 0.4) is 0 Å². The summed E-state index contributed by atoms with van der Waals surface area (Å²) in [6, 6.07) is 14.9. The zero-order chi connectivity index (χ0) is 24.1. The summed E-state index contributed by atoms with van der Waals surface area (Å²) >= 11 is 0. The van der Waals surface area contributed by atoms with E-state index in [4.69, 9.17) is 9.47 Å². The number of carbonyl (C=O) groups is 3. The van der Waals surface area contributed by atoms with Crippen LogP contribution in [0.15, 0.2) is 48.5 Å². The number of methoxy groups -OCH3 is 2. The molecule has 180 valence electrons. The van der Waals surface area contributed by atoms with E-state index in [1.54, 1.807) is 30.2 Å². The summed E-state index contributed by atoms with van der Waals surface area (Å²) < 4.78 is 10.5. The van der Waals surface area contributed by atoms with E-state index >= 15 is 0 Å². The van der Waals surface area contributed by atoms with Crippen LogP contribution in [-0.2, 0) is 16.1 Å². The van der Waals surface area contributed by atoms with Crippen molar-refractivity contribution in [2.75, 3.05) is 33.9 Å². The highest BCUT2D eigenvalue weighted by Crippen LogP contribution is 2.28. The molecular formula is C26H31N3O5. The molecule has 0 spiro atoms. The molecule has 2 heterocycles. The van der Waals surface area contributed by atoms with Gasteiger partial charge in [-0.25, -0.2) is 0 Å². The van der Waals surface area contributed by atoms with Crippen molar-refractivity contribution in [1.29, 1.82) is 0 Å². The molecule has 2 saturated heterocycles. The van der Waals surface area contributed by atoms with Gasteiger partial charge in [0.2, 0.25) is 11.8 Å². The van der Waals surface area contributed by atoms with Crippen LogP contribution in [0.4, 0.5) is 0 Å². The molecule has 4 rings (SSSR count). The van der Waals surface area contributed by atoms with Gasteiger partial charge in [0.05, 0.1) is 20.1 Å². The normalized spacial score (nSPS) is 18.6. The van der Waals surface area contributed by atoms with Crippen molar-refractivity contribution in [3.8, 4) is 11.5 Å². The quantitative estimate of drug-likeness (QED) is 0.679. The topological polar surface area (TPSA) is 88.2 Å². The molecule has 0 bridgehead atoms. The number of nitrogens with one attached hydrogen (secondary N) is 1. The number of nitrogens with zero attached hydrogens (tertiary/aromatic N) is 2. The molecular weight excluding hydrogens is 434 g/mol. The summed E-state index contributed by atoms with van der Waals surface area (Å²) in [5, 5.41) is 3.06. The molecule has 8 nitrogen and oxygen atoms in total. The Morgan fingerprint density at radius 1 is 1.00 bits per heavy atom. The van der Waals surface area contributed by atoms with Gasteiger partial charge in [-0.2, -0.15) is 0 Å². The van der Waals surface area contributed by atoms with E-state index in [0.717, 1.165) is 5.56 Å². The number of amides is 3. The Morgan fingerprint density at radius 3 is 2.38 bits per heavy atom. The molecule has 2 fully saturated rings. The second kappa shape index (κ2) is 10.6. The van der Waals surface area contributed by atoms with Crippen molar-refractivity contribution in [3.05, 3.63) is 59.7 Å². The van der Waals surface area contributed by atoms with Gasteiger partial charge in [0, 0.05) is 44.2 Å². The SMILES string of the molecule is COc1ccc(C(=O)NC2CCN(C(=O)C3CC(=O)N(Cc4ccccc4)C3)CC2)cc1OC. The second-order valence-electron chi connectivity index (χ2n) is 8.80. The lowest BCUT2D eigenvalue weighted by Gasteiger charge is -2.33. The molecule has 2 aromatic carbocycles. The number of hydrogen-bond acceptors (Lipinski definition) is 5. The van der Waals surface area contributed by atoms with Crippen molar-refractivity contribution in [1.82, 2.24) is 15.1 Å². The van der Waals surface area contributed by atoms with Gasteiger partial charge >= 0.3 is 0 Å². The third kappa shape index (κ3) is 5.32. The minimum atomic E-state index is -0.297. The number of piperidine rings is 1. The van der Waals surface area contributed by atoms with Gasteiger partial charge in [0.15, 0.2) is 11.5 Å². The first-order chi connectivity index (χ1) is 16.5. The molecule has 1 atom stereocenters. The fourth-order valence-corrected chi connectivity index (χ4v) is 4.64. The number of carbonyl (C=O) groups excluding carboxylic acids is 3. The second-order valence-corrected chi connectivity index (χ2v) is 8.80. The maximum Gasteiger partial charge on any atom is 0.251 e. The molecule has 0 aliphatic carbocycles. The molecule has 1 unspecified atom stereocenters. The summed E-state index contributed by atoms with van der Waals surface area (Å²) in [5.74, 6) is 0.659. The Kier molecular flexibility index (Phi) is 7.35. The van der Waals surface area contributed by atoms with E-state index in [-0.39, 0.29) is 36.1 Å². The van der Waals surface area contributed by atoms with Crippen LogP contribution in [0.5, 0.6) is 11.5 Å². The lowest BCUT2D eigenvalue weighted by Crippen LogP contribution is -2.48. The Balaban J connectivity index is 1.27. The van der Waals surface area contributed by atoms with Crippen LogP contribution < -0.4 is 14.8 Å². The predicted octanol–water partition coefficient (Wildman–Crippen LogP) is 2.47. The Bertz CT molecular complexity index is 1030. The van der Waals surface area contributed by atoms with E-state index < -0.39 is 0 Å². The fourth-order valence-electron chi connectivity index (χ4n) is 4.64. The molecule has 2 aromatic rings. The molecule has 1 N–H and O–H groups in total. The molecule has 2 aliphatic heterocycles. The Morgan fingerprint density at radius 2 is 1.71 bits per heavy atom. The highest BCUT2D eigenvalue weighted by Gasteiger charge is 2.37. The first-order valence-corrected chi connectivity index (χ1v) is 11.6. The molecule has 8 heteroatoms. The zero-order valence-electron chi connectivity index (χ0n) is 19.7. The highest BCUT2D eigenvalue weighted by atomic mass is 16.5. The monoisotopic (exact) mass is 465 g/mol. The number of hydrogen-bond donors (Lipinski definition) is 1. The summed E-state index contributed by atoms with van der Waals surface area (Å²) in [5.41, 5.74) is 1.56. The summed E-state index contributed by atoms with van der Waals surface area (Å²) in [4.78, 5) is 41.8. The van der Waals surface area contributed by atoms with Crippen molar-refractivity contribution in [2.24, 2.45) is 5.92 Å². The highest BCUT2D eigenvalue weighted by molar-refractivity contribution is 5.95. The lowest BCUT2D eigenvalue weighted by molar-refractivity contribution is -0.136. The third-order valence-corrected chi connectivity index (χ3v) is 6.57. The number of benzene rings is 2. The standard InChI is InChI=1S/C26H31N3O5/c1-33-22-9-8-19(14-23(22)34-2)25(31)27-21-10-12-28(13-11-21)26(32)20-15-24(30)29(17-20)16-18-6-4-3-5-7-18/h3-9,14,20-21H,10-13,15-17H2,1-2H3,(H,27,31). The molecule has 3 amide bonds. The van der Waals surface area contributed by atoms with Crippen molar-refractivity contribution in [3.63, 3.8) is 0 Å². The average Bonchev–Trinajstić information content (AvgIpc) is 3.24. The van der Waals surface area contributed by atoms with Crippen LogP contribution in [0.1, 0.15) is 35.2 Å². The molecule has 0 saturated carbocycles. The van der Waals surface area contributed by atoms with Crippen LogP contribution in [-0.4, -0.2) is 67.4 Å². The molecule has 34 heavy (non-hydrogen) atoms. The summed E-state index contributed by atoms with van der Waals surface area (Å²) in [6.45, 7) is 2.13. The largest absolute Gasteiger partial charge is 0.493 e. The minimum Gasteiger partial charge on any atom is -0.493 e. The van der Waals surface area contributed by atoms with Gasteiger partial charge in [0.1, 0.15) is 0 Å². The van der Waals surface area contributed by atoms with Gasteiger partial charge in [-0.05, 0) is 36.6 Å². The van der Waals surface area contributed by atoms with Gasteiger partial charge in [-0.15, -0.1) is 0 Å². The lowest BCUT2D eigenvalue weighted by atomic mass is 10.0. The van der Waals surface area contributed by atoms with Crippen LogP contribution in [0.2, 0.25) is 0 Å². The Hall–Kier alpha value is -3.55. The van der Waals surface area contributed by atoms with Gasteiger partial charge in [0.25, 0.3) is 5.91 Å². The van der Waals surface area contributed by atoms with Crippen molar-refractivity contribution < 1.29 is 23.9 Å². The first kappa shape index (κ1) is 23.6. The van der Waals surface area contributed by atoms with Crippen molar-refractivity contribution >= 4 is 17.7 Å². The minimum absolute atomic E-state index is 0.00978.